The third kappa shape index (κ3) is 22.1. The van der Waals surface area contributed by atoms with Crippen LogP contribution in [0.3, 0.4) is 0 Å². The SMILES string of the molecule is CCc1cc(C)c(-c2cccc3c(C)c(O)ccc23)c(C)c1C.CCc1cc(C)c(Cc2cc(C)c(O)c(C)c2)c(C)c1C.CCc1cc(C)c(Oc2cc(C)c(O)c(C)c2)c(C)c1C.CCc1cc(C)c(Oc2ccc(O)c3c(C)cccc23)c(C)c1C.CCc1cc(C)c(Oc2ccc3[nH]cc(C)c3c2)c(C)c1C.CCc1cc(C)c(S(=O)(=O)c2cc(C)c(O)c(C)c2)c(C)c1C. The van der Waals surface area contributed by atoms with Gasteiger partial charge in [0.25, 0.3) is 0 Å². The van der Waals surface area contributed by atoms with Gasteiger partial charge in [0.05, 0.1) is 9.79 Å². The third-order valence-electron chi connectivity index (χ3n) is 28.1. The number of phenols is 5. The fourth-order valence-electron chi connectivity index (χ4n) is 19.2. The number of aromatic nitrogens is 1. The van der Waals surface area contributed by atoms with Gasteiger partial charge in [0, 0.05) is 27.9 Å². The molecular weight excluding hydrogens is 1670 g/mol. The summed E-state index contributed by atoms with van der Waals surface area (Å²) in [5, 5.41) is 55.2. The number of aryl methyl sites for hydroxylation is 21. The largest absolute Gasteiger partial charge is 0.508 e. The van der Waals surface area contributed by atoms with Gasteiger partial charge in [0.1, 0.15) is 63.2 Å². The van der Waals surface area contributed by atoms with Crippen molar-refractivity contribution in [1.29, 1.82) is 0 Å². The van der Waals surface area contributed by atoms with Gasteiger partial charge in [-0.05, 0) is 509 Å². The van der Waals surface area contributed by atoms with Crippen LogP contribution in [0.1, 0.15) is 236 Å². The number of nitrogens with one attached hydrogen (secondary N) is 1. The molecule has 0 fully saturated rings. The fourth-order valence-corrected chi connectivity index (χ4v) is 21.2. The summed E-state index contributed by atoms with van der Waals surface area (Å²) < 4.78 is 45.0. The highest BCUT2D eigenvalue weighted by Crippen LogP contribution is 2.45. The van der Waals surface area contributed by atoms with Gasteiger partial charge in [-0.15, -0.1) is 0 Å². The van der Waals surface area contributed by atoms with Crippen LogP contribution in [0, 0.1) is 187 Å². The van der Waals surface area contributed by atoms with Gasteiger partial charge in [-0.1, -0.05) is 133 Å². The van der Waals surface area contributed by atoms with Crippen molar-refractivity contribution < 1.29 is 48.2 Å². The molecule has 1 heterocycles. The highest BCUT2D eigenvalue weighted by Gasteiger charge is 2.27. The Labute approximate surface area is 800 Å². The summed E-state index contributed by atoms with van der Waals surface area (Å²) >= 11 is 0. The average molecular weight is 1820 g/mol. The Bertz CT molecular complexity index is 6890. The Morgan fingerprint density at radius 2 is 0.694 bits per heavy atom. The van der Waals surface area contributed by atoms with E-state index in [1.165, 1.54) is 144 Å². The van der Waals surface area contributed by atoms with Crippen LogP contribution in [-0.2, 0) is 54.8 Å². The summed E-state index contributed by atoms with van der Waals surface area (Å²) in [6, 6.07) is 50.3. The minimum atomic E-state index is -3.62. The number of aromatic amines is 1. The number of sulfone groups is 1. The molecule has 0 spiro atoms. The summed E-state index contributed by atoms with van der Waals surface area (Å²) in [6.45, 7) is 68.5. The zero-order valence-corrected chi connectivity index (χ0v) is 87.0. The first-order valence-electron chi connectivity index (χ1n) is 47.5. The molecule has 0 unspecified atom stereocenters. The predicted octanol–water partition coefficient (Wildman–Crippen LogP) is 32.6. The summed E-state index contributed by atoms with van der Waals surface area (Å²) in [5.41, 5.74) is 44.5. The van der Waals surface area contributed by atoms with Gasteiger partial charge >= 0.3 is 0 Å². The van der Waals surface area contributed by atoms with E-state index >= 15 is 0 Å². The van der Waals surface area contributed by atoms with Gasteiger partial charge in [0.15, 0.2) is 0 Å². The Balaban J connectivity index is 0.000000167. The van der Waals surface area contributed by atoms with Crippen molar-refractivity contribution in [2.24, 2.45) is 0 Å². The monoisotopic (exact) mass is 1820 g/mol. The standard InChI is InChI=1S/C22H24O2.C22H24O.C20H23NO.C20H26O.C19H24O3S.C19H24O2/c1-6-17-12-14(3)22(16(5)15(17)4)24-20-11-10-19(23)21-13(2)8-7-9-18(20)21;1-6-17-12-13(2)22(15(4)14(17)3)20-9-7-8-18-16(5)21(23)11-10-19(18)20;1-6-16-9-12(2)20(15(5)14(16)4)22-17-7-8-19-18(10-17)13(3)11-21-19;1-7-18-10-12(2)19(16(6)15(18)5)11-17-8-13(3)20(21)14(4)9-17;1-7-16-8-13(4)19(15(6)14(16)5)23(21,22)17-9-11(2)18(20)12(3)10-17;1-7-16-8-13(4)19(15(6)14(16)5)21-17-9-11(2)18(20)12(3)10-17/h7-12,23H,6H2,1-5H3;7-12,23H,6H2,1-5H3;7-11,21H,6H2,1-5H3;8-10,21H,7,11H2,1-6H3;8-10,20H,7H2,1-6H3;8-10,20H,7H2,1-6H3. The van der Waals surface area contributed by atoms with Crippen LogP contribution in [-0.4, -0.2) is 38.9 Å². The van der Waals surface area contributed by atoms with Crippen LogP contribution in [0.15, 0.2) is 168 Å². The smallest absolute Gasteiger partial charge is 0.207 e. The summed E-state index contributed by atoms with van der Waals surface area (Å²) in [7, 11) is -3.62. The first-order valence-corrected chi connectivity index (χ1v) is 48.9. The highest BCUT2D eigenvalue weighted by atomic mass is 32.2. The molecular formula is C122H145NO10S. The number of benzene rings is 14. The molecule has 15 rings (SSSR count). The first kappa shape index (κ1) is 104. The van der Waals surface area contributed by atoms with Crippen molar-refractivity contribution in [3.63, 3.8) is 0 Å². The molecule has 0 atom stereocenters. The second-order valence-corrected chi connectivity index (χ2v) is 39.0. The normalized spacial score (nSPS) is 11.1. The second-order valence-electron chi connectivity index (χ2n) is 37.2. The average Bonchev–Trinajstić information content (AvgIpc) is 0.777. The molecule has 1 aromatic heterocycles. The van der Waals surface area contributed by atoms with E-state index < -0.39 is 9.84 Å². The molecule has 704 valence electrons. The van der Waals surface area contributed by atoms with E-state index in [1.807, 2.05) is 123 Å². The molecule has 0 saturated carbocycles. The number of hydrogen-bond acceptors (Lipinski definition) is 10. The lowest BCUT2D eigenvalue weighted by Gasteiger charge is -2.18. The zero-order chi connectivity index (χ0) is 99.0. The van der Waals surface area contributed by atoms with Crippen molar-refractivity contribution in [3.8, 4) is 74.4 Å². The molecule has 134 heavy (non-hydrogen) atoms. The van der Waals surface area contributed by atoms with E-state index in [9.17, 15) is 34.0 Å². The number of ether oxygens (including phenoxy) is 3. The van der Waals surface area contributed by atoms with Crippen molar-refractivity contribution >= 4 is 42.3 Å². The second kappa shape index (κ2) is 43.7. The predicted molar refractivity (Wildman–Crippen MR) is 564 cm³/mol. The Hall–Kier alpha value is -12.5. The van der Waals surface area contributed by atoms with Gasteiger partial charge in [0.2, 0.25) is 9.84 Å². The topological polar surface area (TPSA) is 179 Å². The number of H-pyrrole nitrogens is 1. The van der Waals surface area contributed by atoms with Gasteiger partial charge in [-0.3, -0.25) is 0 Å². The zero-order valence-electron chi connectivity index (χ0n) is 86.1. The quantitative estimate of drug-likeness (QED) is 0.0514. The lowest BCUT2D eigenvalue weighted by molar-refractivity contribution is 0.454. The Morgan fingerprint density at radius 1 is 0.291 bits per heavy atom. The molecule has 0 aliphatic heterocycles. The van der Waals surface area contributed by atoms with Gasteiger partial charge in [-0.2, -0.15) is 0 Å². The molecule has 0 aliphatic carbocycles. The van der Waals surface area contributed by atoms with Crippen LogP contribution in [0.5, 0.6) is 63.2 Å². The number of hydrogen-bond donors (Lipinski definition) is 6. The van der Waals surface area contributed by atoms with E-state index in [0.29, 0.717) is 39.0 Å². The molecule has 14 aromatic carbocycles. The lowest BCUT2D eigenvalue weighted by Crippen LogP contribution is -2.10. The Kier molecular flexibility index (Phi) is 33.8. The summed E-state index contributed by atoms with van der Waals surface area (Å²) in [4.78, 5) is 3.89. The molecule has 0 amide bonds. The van der Waals surface area contributed by atoms with E-state index in [1.54, 1.807) is 38.1 Å². The molecule has 12 heteroatoms. The Morgan fingerprint density at radius 3 is 1.19 bits per heavy atom. The van der Waals surface area contributed by atoms with Crippen LogP contribution in [0.4, 0.5) is 0 Å². The van der Waals surface area contributed by atoms with E-state index in [2.05, 4.69) is 230 Å². The van der Waals surface area contributed by atoms with Gasteiger partial charge in [-0.25, -0.2) is 8.42 Å². The maximum Gasteiger partial charge on any atom is 0.207 e. The van der Waals surface area contributed by atoms with Crippen molar-refractivity contribution in [3.05, 3.63) is 353 Å². The van der Waals surface area contributed by atoms with Crippen LogP contribution in [0.2, 0.25) is 0 Å². The fraction of sp³-hybridized carbons (Fsp3) is 0.328. The first-order chi connectivity index (χ1) is 63.2. The number of aromatic hydroxyl groups is 5. The van der Waals surface area contributed by atoms with Crippen molar-refractivity contribution in [2.75, 3.05) is 0 Å². The third-order valence-corrected chi connectivity index (χ3v) is 30.1. The lowest BCUT2D eigenvalue weighted by atomic mass is 9.86. The molecule has 0 radical (unpaired) electrons. The maximum absolute atomic E-state index is 13.2. The van der Waals surface area contributed by atoms with E-state index in [0.717, 1.165) is 162 Å². The molecule has 0 aliphatic rings. The molecule has 6 N–H and O–H groups in total. The number of fused-ring (bicyclic) bond motifs is 3. The summed E-state index contributed by atoms with van der Waals surface area (Å²) in [6.07, 6.45) is 9.12. The van der Waals surface area contributed by atoms with Crippen LogP contribution in [0.25, 0.3) is 43.6 Å². The maximum atomic E-state index is 13.2. The number of rotatable bonds is 17. The minimum Gasteiger partial charge on any atom is -0.508 e. The van der Waals surface area contributed by atoms with Crippen LogP contribution >= 0.6 is 0 Å². The molecule has 0 bridgehead atoms. The van der Waals surface area contributed by atoms with E-state index in [4.69, 9.17) is 14.2 Å². The van der Waals surface area contributed by atoms with Crippen LogP contribution < -0.4 is 14.2 Å². The van der Waals surface area contributed by atoms with Crippen molar-refractivity contribution in [2.45, 2.75) is 283 Å². The minimum absolute atomic E-state index is 0.148. The molecule has 11 nitrogen and oxygen atoms in total. The van der Waals surface area contributed by atoms with Gasteiger partial charge < -0.3 is 44.7 Å². The van der Waals surface area contributed by atoms with Crippen molar-refractivity contribution in [1.82, 2.24) is 4.98 Å². The number of phenolic OH excluding ortho intramolecular Hbond substituents is 5. The van der Waals surface area contributed by atoms with E-state index in [-0.39, 0.29) is 10.6 Å². The molecule has 15 aromatic rings. The summed E-state index contributed by atoms with van der Waals surface area (Å²) in [5.74, 6) is 6.84. The highest BCUT2D eigenvalue weighted by molar-refractivity contribution is 7.91. The molecule has 0 saturated heterocycles.